The zero-order chi connectivity index (χ0) is 12.3. The minimum Gasteiger partial charge on any atom is -0.380 e. The van der Waals surface area contributed by atoms with Crippen LogP contribution in [0.2, 0.25) is 0 Å². The molecule has 90 valence electrons. The van der Waals surface area contributed by atoms with Crippen LogP contribution in [0.1, 0.15) is 6.92 Å². The van der Waals surface area contributed by atoms with Crippen LogP contribution in [-0.4, -0.2) is 19.8 Å². The Morgan fingerprint density at radius 2 is 1.69 bits per heavy atom. The fourth-order valence-electron chi connectivity index (χ4n) is 1.06. The summed E-state index contributed by atoms with van der Waals surface area (Å²) in [5, 5.41) is 2.26. The molecule has 0 fully saturated rings. The number of nitrogens with one attached hydrogen (secondary N) is 1. The highest BCUT2D eigenvalue weighted by Crippen LogP contribution is 2.23. The van der Waals surface area contributed by atoms with E-state index in [1.54, 1.807) is 6.92 Å². The summed E-state index contributed by atoms with van der Waals surface area (Å²) in [6.07, 6.45) is -0.342. The lowest BCUT2D eigenvalue weighted by atomic mass is 10.2. The highest BCUT2D eigenvalue weighted by Gasteiger charge is 2.19. The predicted octanol–water partition coefficient (Wildman–Crippen LogP) is 2.69. The molecule has 1 aromatic carbocycles. The molecule has 2 nitrogen and oxygen atoms in total. The summed E-state index contributed by atoms with van der Waals surface area (Å²) >= 11 is 0. The molecule has 0 radical (unpaired) electrons. The highest BCUT2D eigenvalue weighted by molar-refractivity contribution is 5.47. The van der Waals surface area contributed by atoms with E-state index in [9.17, 15) is 17.6 Å². The van der Waals surface area contributed by atoms with Crippen molar-refractivity contribution in [2.24, 2.45) is 0 Å². The van der Waals surface area contributed by atoms with Gasteiger partial charge in [-0.1, -0.05) is 0 Å². The molecule has 0 heterocycles. The van der Waals surface area contributed by atoms with Crippen LogP contribution in [0.15, 0.2) is 6.07 Å². The maximum atomic E-state index is 13.1. The van der Waals surface area contributed by atoms with Gasteiger partial charge >= 0.3 is 0 Å². The van der Waals surface area contributed by atoms with Crippen molar-refractivity contribution in [3.8, 4) is 0 Å². The monoisotopic (exact) mass is 237 g/mol. The summed E-state index contributed by atoms with van der Waals surface area (Å²) in [5.74, 6) is -5.76. The topological polar surface area (TPSA) is 21.3 Å². The summed E-state index contributed by atoms with van der Waals surface area (Å²) in [5.41, 5.74) is -0.818. The number of benzene rings is 1. The fraction of sp³-hybridized carbons (Fsp3) is 0.400. The molecular formula is C10H11F4NO. The Hall–Kier alpha value is -1.30. The van der Waals surface area contributed by atoms with Crippen molar-refractivity contribution >= 4 is 5.69 Å². The van der Waals surface area contributed by atoms with Gasteiger partial charge in [0.15, 0.2) is 23.3 Å². The SMILES string of the molecule is COC(C)CNc1c(F)c(F)cc(F)c1F. The number of halogens is 4. The lowest BCUT2D eigenvalue weighted by Crippen LogP contribution is -2.20. The summed E-state index contributed by atoms with van der Waals surface area (Å²) in [6, 6.07) is 0.162. The number of hydrogen-bond acceptors (Lipinski definition) is 2. The molecule has 0 saturated carbocycles. The Kier molecular flexibility index (Phi) is 4.12. The maximum absolute atomic E-state index is 13.1. The summed E-state index contributed by atoms with van der Waals surface area (Å²) in [6.45, 7) is 1.67. The molecule has 6 heteroatoms. The standard InChI is InChI=1S/C10H11F4NO/c1-5(16-2)4-15-10-8(13)6(11)3-7(12)9(10)14/h3,5,15H,4H2,1-2H3. The lowest BCUT2D eigenvalue weighted by Gasteiger charge is -2.13. The quantitative estimate of drug-likeness (QED) is 0.642. The van der Waals surface area contributed by atoms with Crippen LogP contribution in [-0.2, 0) is 4.74 Å². The minimum atomic E-state index is -1.44. The zero-order valence-electron chi connectivity index (χ0n) is 8.78. The van der Waals surface area contributed by atoms with Crippen LogP contribution < -0.4 is 5.32 Å². The predicted molar refractivity (Wildman–Crippen MR) is 51.2 cm³/mol. The molecule has 0 aliphatic heterocycles. The van der Waals surface area contributed by atoms with E-state index in [1.165, 1.54) is 7.11 Å². The van der Waals surface area contributed by atoms with Gasteiger partial charge in [0.25, 0.3) is 0 Å². The van der Waals surface area contributed by atoms with Gasteiger partial charge in [-0.2, -0.15) is 0 Å². The van der Waals surface area contributed by atoms with Gasteiger partial charge in [-0.3, -0.25) is 0 Å². The highest BCUT2D eigenvalue weighted by atomic mass is 19.2. The van der Waals surface area contributed by atoms with Crippen molar-refractivity contribution in [3.63, 3.8) is 0 Å². The van der Waals surface area contributed by atoms with Crippen LogP contribution in [0.4, 0.5) is 23.2 Å². The number of rotatable bonds is 4. The molecule has 1 aromatic rings. The first kappa shape index (κ1) is 12.8. The van der Waals surface area contributed by atoms with E-state index < -0.39 is 29.0 Å². The molecule has 1 unspecified atom stereocenters. The Morgan fingerprint density at radius 3 is 2.12 bits per heavy atom. The van der Waals surface area contributed by atoms with Crippen molar-refractivity contribution in [1.29, 1.82) is 0 Å². The van der Waals surface area contributed by atoms with E-state index in [-0.39, 0.29) is 18.7 Å². The largest absolute Gasteiger partial charge is 0.380 e. The summed E-state index contributed by atoms with van der Waals surface area (Å²) in [7, 11) is 1.41. The first-order valence-corrected chi connectivity index (χ1v) is 4.57. The van der Waals surface area contributed by atoms with E-state index in [2.05, 4.69) is 5.32 Å². The molecule has 0 bridgehead atoms. The van der Waals surface area contributed by atoms with Gasteiger partial charge in [-0.25, -0.2) is 17.6 Å². The molecule has 0 aliphatic rings. The normalized spacial score (nSPS) is 12.6. The van der Waals surface area contributed by atoms with E-state index in [1.807, 2.05) is 0 Å². The first-order valence-electron chi connectivity index (χ1n) is 4.57. The maximum Gasteiger partial charge on any atom is 0.185 e. The van der Waals surface area contributed by atoms with Crippen molar-refractivity contribution in [3.05, 3.63) is 29.3 Å². The fourth-order valence-corrected chi connectivity index (χ4v) is 1.06. The Bertz CT molecular complexity index is 357. The smallest absolute Gasteiger partial charge is 0.185 e. The van der Waals surface area contributed by atoms with Gasteiger partial charge in [-0.05, 0) is 6.92 Å². The third kappa shape index (κ3) is 2.63. The third-order valence-electron chi connectivity index (χ3n) is 2.08. The van der Waals surface area contributed by atoms with Crippen LogP contribution in [0.5, 0.6) is 0 Å². The van der Waals surface area contributed by atoms with Crippen molar-refractivity contribution < 1.29 is 22.3 Å². The molecule has 0 saturated heterocycles. The van der Waals surface area contributed by atoms with Gasteiger partial charge in [-0.15, -0.1) is 0 Å². The van der Waals surface area contributed by atoms with Gasteiger partial charge in [0.1, 0.15) is 5.69 Å². The second kappa shape index (κ2) is 5.16. The minimum absolute atomic E-state index is 0.0350. The number of anilines is 1. The molecule has 1 N–H and O–H groups in total. The number of ether oxygens (including phenoxy) is 1. The Labute approximate surface area is 90.2 Å². The lowest BCUT2D eigenvalue weighted by molar-refractivity contribution is 0.128. The Balaban J connectivity index is 2.94. The van der Waals surface area contributed by atoms with Crippen molar-refractivity contribution in [2.45, 2.75) is 13.0 Å². The molecule has 0 spiro atoms. The van der Waals surface area contributed by atoms with Crippen LogP contribution >= 0.6 is 0 Å². The van der Waals surface area contributed by atoms with Crippen LogP contribution in [0.25, 0.3) is 0 Å². The molecule has 0 amide bonds. The molecular weight excluding hydrogens is 226 g/mol. The Morgan fingerprint density at radius 1 is 1.19 bits per heavy atom. The van der Waals surface area contributed by atoms with Gasteiger partial charge < -0.3 is 10.1 Å². The molecule has 0 aliphatic carbocycles. The molecule has 1 rings (SSSR count). The average molecular weight is 237 g/mol. The van der Waals surface area contributed by atoms with E-state index >= 15 is 0 Å². The zero-order valence-corrected chi connectivity index (χ0v) is 8.78. The first-order chi connectivity index (χ1) is 7.47. The van der Waals surface area contributed by atoms with Gasteiger partial charge in [0, 0.05) is 19.7 Å². The van der Waals surface area contributed by atoms with E-state index in [0.717, 1.165) is 0 Å². The van der Waals surface area contributed by atoms with E-state index in [0.29, 0.717) is 0 Å². The molecule has 0 aromatic heterocycles. The average Bonchev–Trinajstić information content (AvgIpc) is 2.26. The summed E-state index contributed by atoms with van der Waals surface area (Å²) in [4.78, 5) is 0. The number of hydrogen-bond donors (Lipinski definition) is 1. The van der Waals surface area contributed by atoms with Gasteiger partial charge in [0.05, 0.1) is 6.10 Å². The van der Waals surface area contributed by atoms with Crippen LogP contribution in [0.3, 0.4) is 0 Å². The second-order valence-corrected chi connectivity index (χ2v) is 3.27. The molecule has 16 heavy (non-hydrogen) atoms. The number of methoxy groups -OCH3 is 1. The van der Waals surface area contributed by atoms with Crippen molar-refractivity contribution in [1.82, 2.24) is 0 Å². The summed E-state index contributed by atoms with van der Waals surface area (Å²) < 4.78 is 56.6. The van der Waals surface area contributed by atoms with Crippen LogP contribution in [0, 0.1) is 23.3 Å². The molecule has 1 atom stereocenters. The third-order valence-corrected chi connectivity index (χ3v) is 2.08. The van der Waals surface area contributed by atoms with Crippen molar-refractivity contribution in [2.75, 3.05) is 19.0 Å². The van der Waals surface area contributed by atoms with E-state index in [4.69, 9.17) is 4.74 Å². The van der Waals surface area contributed by atoms with Gasteiger partial charge in [0.2, 0.25) is 0 Å². The second-order valence-electron chi connectivity index (χ2n) is 3.27.